The van der Waals surface area contributed by atoms with Crippen LogP contribution in [0.4, 0.5) is 0 Å². The van der Waals surface area contributed by atoms with Gasteiger partial charge in [-0.2, -0.15) is 5.10 Å². The molecule has 0 spiro atoms. The lowest BCUT2D eigenvalue weighted by atomic mass is 10.0. The molecule has 0 unspecified atom stereocenters. The third-order valence-corrected chi connectivity index (χ3v) is 3.49. The molecule has 0 amide bonds. The summed E-state index contributed by atoms with van der Waals surface area (Å²) >= 11 is 5.20. The van der Waals surface area contributed by atoms with Crippen molar-refractivity contribution in [1.82, 2.24) is 14.8 Å². The molecular weight excluding hydrogens is 194 g/mol. The zero-order chi connectivity index (χ0) is 10.2. The van der Waals surface area contributed by atoms with Gasteiger partial charge in [0, 0.05) is 6.54 Å². The number of nitrogens with zero attached hydrogens (tertiary/aromatic N) is 2. The lowest BCUT2D eigenvalue weighted by Gasteiger charge is -2.14. The summed E-state index contributed by atoms with van der Waals surface area (Å²) in [4.78, 5) is 0. The Kier molecular flexibility index (Phi) is 2.47. The Balaban J connectivity index is 2.14. The van der Waals surface area contributed by atoms with Crippen molar-refractivity contribution in [2.75, 3.05) is 0 Å². The Hall–Kier alpha value is -0.640. The maximum atomic E-state index is 5.20. The Morgan fingerprint density at radius 1 is 1.57 bits per heavy atom. The van der Waals surface area contributed by atoms with Crippen molar-refractivity contribution >= 4 is 12.2 Å². The second kappa shape index (κ2) is 3.50. The summed E-state index contributed by atoms with van der Waals surface area (Å²) in [5, 5.41) is 6.98. The number of aromatic nitrogens is 3. The topological polar surface area (TPSA) is 33.6 Å². The fourth-order valence-corrected chi connectivity index (χ4v) is 2.35. The summed E-state index contributed by atoms with van der Waals surface area (Å²) in [7, 11) is 0. The van der Waals surface area contributed by atoms with Crippen LogP contribution in [0.25, 0.3) is 0 Å². The van der Waals surface area contributed by atoms with Gasteiger partial charge in [0.25, 0.3) is 0 Å². The Labute approximate surface area is 89.5 Å². The van der Waals surface area contributed by atoms with Crippen LogP contribution in [0.5, 0.6) is 0 Å². The van der Waals surface area contributed by atoms with Crippen molar-refractivity contribution in [3.8, 4) is 0 Å². The van der Waals surface area contributed by atoms with Crippen LogP contribution in [0.1, 0.15) is 38.4 Å². The lowest BCUT2D eigenvalue weighted by molar-refractivity contribution is 0.381. The van der Waals surface area contributed by atoms with Gasteiger partial charge in [0.1, 0.15) is 5.82 Å². The van der Waals surface area contributed by atoms with Crippen molar-refractivity contribution in [3.63, 3.8) is 0 Å². The monoisotopic (exact) mass is 211 g/mol. The molecule has 0 aliphatic heterocycles. The van der Waals surface area contributed by atoms with Crippen molar-refractivity contribution in [3.05, 3.63) is 10.6 Å². The molecule has 1 aliphatic rings. The van der Waals surface area contributed by atoms with Crippen LogP contribution in [-0.2, 0) is 6.54 Å². The normalized spacial score (nSPS) is 18.4. The van der Waals surface area contributed by atoms with E-state index < -0.39 is 0 Å². The first kappa shape index (κ1) is 9.90. The van der Waals surface area contributed by atoms with E-state index in [4.69, 9.17) is 12.2 Å². The molecule has 1 heterocycles. The minimum Gasteiger partial charge on any atom is -0.304 e. The minimum absolute atomic E-state index is 0.543. The first-order valence-electron chi connectivity index (χ1n) is 5.29. The van der Waals surface area contributed by atoms with Crippen LogP contribution < -0.4 is 0 Å². The van der Waals surface area contributed by atoms with E-state index in [1.54, 1.807) is 0 Å². The maximum Gasteiger partial charge on any atom is 0.195 e. The standard InChI is InChI=1S/C10H17N3S/c1-3-4-10(5-6-10)7-13-8(2)11-12-9(13)14/h3-7H2,1-2H3,(H,12,14). The van der Waals surface area contributed by atoms with Crippen LogP contribution in [-0.4, -0.2) is 14.8 Å². The van der Waals surface area contributed by atoms with E-state index in [1.165, 1.54) is 25.7 Å². The fourth-order valence-electron chi connectivity index (χ4n) is 2.11. The number of H-pyrrole nitrogens is 1. The van der Waals surface area contributed by atoms with Gasteiger partial charge in [0.05, 0.1) is 0 Å². The van der Waals surface area contributed by atoms with Crippen molar-refractivity contribution in [2.45, 2.75) is 46.1 Å². The Morgan fingerprint density at radius 3 is 2.71 bits per heavy atom. The molecule has 0 radical (unpaired) electrons. The summed E-state index contributed by atoms with van der Waals surface area (Å²) < 4.78 is 2.91. The van der Waals surface area contributed by atoms with Gasteiger partial charge in [0.2, 0.25) is 0 Å². The van der Waals surface area contributed by atoms with Crippen LogP contribution >= 0.6 is 12.2 Å². The van der Waals surface area contributed by atoms with Gasteiger partial charge in [-0.3, -0.25) is 5.10 Å². The molecule has 1 saturated carbocycles. The van der Waals surface area contributed by atoms with E-state index >= 15 is 0 Å². The zero-order valence-corrected chi connectivity index (χ0v) is 9.65. The van der Waals surface area contributed by atoms with Gasteiger partial charge >= 0.3 is 0 Å². The van der Waals surface area contributed by atoms with E-state index in [9.17, 15) is 0 Å². The highest BCUT2D eigenvalue weighted by Crippen LogP contribution is 2.51. The predicted octanol–water partition coefficient (Wildman–Crippen LogP) is 2.83. The van der Waals surface area contributed by atoms with E-state index in [2.05, 4.69) is 21.7 Å². The van der Waals surface area contributed by atoms with E-state index in [1.807, 2.05) is 6.92 Å². The Morgan fingerprint density at radius 2 is 2.29 bits per heavy atom. The number of rotatable bonds is 4. The molecule has 2 rings (SSSR count). The van der Waals surface area contributed by atoms with E-state index in [0.29, 0.717) is 5.41 Å². The average molecular weight is 211 g/mol. The maximum absolute atomic E-state index is 5.20. The van der Waals surface area contributed by atoms with Gasteiger partial charge in [0.15, 0.2) is 4.77 Å². The molecule has 3 nitrogen and oxygen atoms in total. The van der Waals surface area contributed by atoms with Crippen LogP contribution in [0, 0.1) is 17.1 Å². The molecule has 0 bridgehead atoms. The quantitative estimate of drug-likeness (QED) is 0.777. The number of hydrogen-bond donors (Lipinski definition) is 1. The summed E-state index contributed by atoms with van der Waals surface area (Å²) in [6.07, 6.45) is 5.30. The van der Waals surface area contributed by atoms with Crippen LogP contribution in [0.15, 0.2) is 0 Å². The second-order valence-electron chi connectivity index (χ2n) is 4.41. The molecule has 1 aliphatic carbocycles. The van der Waals surface area contributed by atoms with Crippen LogP contribution in [0.2, 0.25) is 0 Å². The summed E-state index contributed by atoms with van der Waals surface area (Å²) in [5.74, 6) is 1.01. The second-order valence-corrected chi connectivity index (χ2v) is 4.80. The van der Waals surface area contributed by atoms with Gasteiger partial charge in [-0.05, 0) is 43.8 Å². The van der Waals surface area contributed by atoms with Gasteiger partial charge in [-0.1, -0.05) is 13.3 Å². The molecule has 0 aromatic carbocycles. The zero-order valence-electron chi connectivity index (χ0n) is 8.84. The first-order valence-corrected chi connectivity index (χ1v) is 5.69. The first-order chi connectivity index (χ1) is 6.67. The highest BCUT2D eigenvalue weighted by molar-refractivity contribution is 7.71. The molecule has 78 valence electrons. The molecule has 0 saturated heterocycles. The van der Waals surface area contributed by atoms with Crippen molar-refractivity contribution < 1.29 is 0 Å². The minimum atomic E-state index is 0.543. The van der Waals surface area contributed by atoms with Gasteiger partial charge in [-0.25, -0.2) is 0 Å². The van der Waals surface area contributed by atoms with E-state index in [-0.39, 0.29) is 0 Å². The number of nitrogens with one attached hydrogen (secondary N) is 1. The molecule has 1 fully saturated rings. The molecule has 4 heteroatoms. The van der Waals surface area contributed by atoms with Crippen LogP contribution in [0.3, 0.4) is 0 Å². The van der Waals surface area contributed by atoms with Crippen molar-refractivity contribution in [1.29, 1.82) is 0 Å². The lowest BCUT2D eigenvalue weighted by Crippen LogP contribution is -2.12. The molecule has 1 aromatic heterocycles. The molecule has 0 atom stereocenters. The summed E-state index contributed by atoms with van der Waals surface area (Å²) in [6, 6.07) is 0. The number of hydrogen-bond acceptors (Lipinski definition) is 2. The largest absolute Gasteiger partial charge is 0.304 e. The average Bonchev–Trinajstić information content (AvgIpc) is 2.84. The fraction of sp³-hybridized carbons (Fsp3) is 0.800. The molecule has 1 N–H and O–H groups in total. The smallest absolute Gasteiger partial charge is 0.195 e. The number of aromatic amines is 1. The van der Waals surface area contributed by atoms with Gasteiger partial charge < -0.3 is 4.57 Å². The van der Waals surface area contributed by atoms with Crippen molar-refractivity contribution in [2.24, 2.45) is 5.41 Å². The molecule has 14 heavy (non-hydrogen) atoms. The molecule has 1 aromatic rings. The Bertz CT molecular complexity index is 373. The highest BCUT2D eigenvalue weighted by Gasteiger charge is 2.42. The van der Waals surface area contributed by atoms with Gasteiger partial charge in [-0.15, -0.1) is 0 Å². The SMILES string of the molecule is CCCC1(Cn2c(C)n[nH]c2=S)CC1. The summed E-state index contributed by atoms with van der Waals surface area (Å²) in [6.45, 7) is 5.32. The predicted molar refractivity (Wildman–Crippen MR) is 58.7 cm³/mol. The number of aryl methyl sites for hydroxylation is 1. The third-order valence-electron chi connectivity index (χ3n) is 3.18. The highest BCUT2D eigenvalue weighted by atomic mass is 32.1. The van der Waals surface area contributed by atoms with E-state index in [0.717, 1.165) is 17.1 Å². The third kappa shape index (κ3) is 1.75. The molecular formula is C10H17N3S. The summed E-state index contributed by atoms with van der Waals surface area (Å²) in [5.41, 5.74) is 0.543.